The summed E-state index contributed by atoms with van der Waals surface area (Å²) in [5.41, 5.74) is 1.87. The van der Waals surface area contributed by atoms with Gasteiger partial charge in [0.2, 0.25) is 5.88 Å². The highest BCUT2D eigenvalue weighted by Gasteiger charge is 2.17. The van der Waals surface area contributed by atoms with E-state index in [1.165, 1.54) is 7.11 Å². The Morgan fingerprint density at radius 1 is 1.16 bits per heavy atom. The number of ether oxygens (including phenoxy) is 1. The maximum absolute atomic E-state index is 9.43. The van der Waals surface area contributed by atoms with E-state index in [-0.39, 0.29) is 6.61 Å². The number of halogens is 3. The molecule has 0 fully saturated rings. The monoisotopic (exact) mass is 317 g/mol. The molecule has 1 aromatic heterocycles. The van der Waals surface area contributed by atoms with E-state index in [4.69, 9.17) is 39.5 Å². The lowest BCUT2D eigenvalue weighted by Crippen LogP contribution is -1.97. The highest BCUT2D eigenvalue weighted by atomic mass is 35.5. The van der Waals surface area contributed by atoms with Crippen molar-refractivity contribution in [2.45, 2.75) is 6.61 Å². The number of aromatic nitrogens is 1. The molecule has 0 aliphatic heterocycles. The van der Waals surface area contributed by atoms with Gasteiger partial charge in [-0.15, -0.1) is 0 Å². The van der Waals surface area contributed by atoms with Crippen LogP contribution in [0.15, 0.2) is 24.4 Å². The van der Waals surface area contributed by atoms with Crippen molar-refractivity contribution >= 4 is 34.8 Å². The minimum absolute atomic E-state index is 0.162. The summed E-state index contributed by atoms with van der Waals surface area (Å²) in [7, 11) is 1.50. The van der Waals surface area contributed by atoms with Gasteiger partial charge in [-0.25, -0.2) is 4.98 Å². The van der Waals surface area contributed by atoms with Crippen molar-refractivity contribution in [1.29, 1.82) is 0 Å². The predicted octanol–water partition coefficient (Wildman–Crippen LogP) is 4.21. The van der Waals surface area contributed by atoms with Gasteiger partial charge in [0.15, 0.2) is 0 Å². The van der Waals surface area contributed by atoms with Gasteiger partial charge >= 0.3 is 0 Å². The van der Waals surface area contributed by atoms with Gasteiger partial charge in [0, 0.05) is 11.8 Å². The van der Waals surface area contributed by atoms with E-state index in [9.17, 15) is 5.11 Å². The quantitative estimate of drug-likeness (QED) is 0.862. The molecule has 1 aromatic carbocycles. The Balaban J connectivity index is 2.74. The first-order valence-corrected chi connectivity index (χ1v) is 6.49. The summed E-state index contributed by atoms with van der Waals surface area (Å²) >= 11 is 18.1. The molecule has 0 amide bonds. The fourth-order valence-electron chi connectivity index (χ4n) is 1.77. The highest BCUT2D eigenvalue weighted by molar-refractivity contribution is 6.44. The third kappa shape index (κ3) is 2.79. The molecule has 1 N–H and O–H groups in total. The highest BCUT2D eigenvalue weighted by Crippen LogP contribution is 2.40. The van der Waals surface area contributed by atoms with E-state index in [2.05, 4.69) is 4.98 Å². The number of hydrogen-bond acceptors (Lipinski definition) is 3. The van der Waals surface area contributed by atoms with E-state index in [0.29, 0.717) is 37.6 Å². The molecule has 0 spiro atoms. The number of aliphatic hydroxyl groups excluding tert-OH is 1. The molecule has 0 aliphatic rings. The fraction of sp³-hybridized carbons (Fsp3) is 0.154. The number of benzene rings is 1. The zero-order chi connectivity index (χ0) is 14.0. The number of nitrogens with zero attached hydrogens (tertiary/aromatic N) is 1. The number of methoxy groups -OCH3 is 1. The lowest BCUT2D eigenvalue weighted by atomic mass is 10.0. The summed E-state index contributed by atoms with van der Waals surface area (Å²) in [4.78, 5) is 4.11. The molecule has 0 unspecified atom stereocenters. The van der Waals surface area contributed by atoms with E-state index in [1.54, 1.807) is 24.4 Å². The summed E-state index contributed by atoms with van der Waals surface area (Å²) in [6.45, 7) is -0.162. The smallest absolute Gasteiger partial charge is 0.221 e. The lowest BCUT2D eigenvalue weighted by molar-refractivity contribution is 0.281. The third-order valence-electron chi connectivity index (χ3n) is 2.65. The minimum atomic E-state index is -0.162. The second-order valence-electron chi connectivity index (χ2n) is 3.76. The van der Waals surface area contributed by atoms with Crippen molar-refractivity contribution in [3.8, 4) is 17.0 Å². The van der Waals surface area contributed by atoms with Gasteiger partial charge in [-0.1, -0.05) is 34.8 Å². The van der Waals surface area contributed by atoms with E-state index >= 15 is 0 Å². The van der Waals surface area contributed by atoms with Crippen molar-refractivity contribution in [2.24, 2.45) is 0 Å². The molecule has 2 rings (SSSR count). The molecule has 0 aliphatic carbocycles. The number of pyridine rings is 1. The van der Waals surface area contributed by atoms with Crippen LogP contribution in [0.1, 0.15) is 5.56 Å². The molecule has 19 heavy (non-hydrogen) atoms. The molecule has 0 saturated carbocycles. The van der Waals surface area contributed by atoms with Crippen LogP contribution in [0.2, 0.25) is 15.1 Å². The van der Waals surface area contributed by atoms with Gasteiger partial charge in [0.05, 0.1) is 34.3 Å². The van der Waals surface area contributed by atoms with E-state index in [1.807, 2.05) is 0 Å². The van der Waals surface area contributed by atoms with Crippen LogP contribution in [0, 0.1) is 0 Å². The predicted molar refractivity (Wildman–Crippen MR) is 77.2 cm³/mol. The summed E-state index contributed by atoms with van der Waals surface area (Å²) in [5.74, 6) is 0.367. The first kappa shape index (κ1) is 14.4. The van der Waals surface area contributed by atoms with Gasteiger partial charge in [-0.05, 0) is 23.8 Å². The number of rotatable bonds is 3. The second-order valence-corrected chi connectivity index (χ2v) is 4.98. The Labute approximate surface area is 125 Å². The molecule has 100 valence electrons. The Bertz CT molecular complexity index is 595. The largest absolute Gasteiger partial charge is 0.481 e. The molecule has 3 nitrogen and oxygen atoms in total. The lowest BCUT2D eigenvalue weighted by Gasteiger charge is -2.13. The van der Waals surface area contributed by atoms with Crippen molar-refractivity contribution < 1.29 is 9.84 Å². The van der Waals surface area contributed by atoms with Crippen LogP contribution >= 0.6 is 34.8 Å². The SMILES string of the molecule is COc1nccc(CO)c1-c1cc(Cl)c(Cl)cc1Cl. The Morgan fingerprint density at radius 3 is 2.47 bits per heavy atom. The molecular formula is C13H10Cl3NO2. The first-order chi connectivity index (χ1) is 9.08. The summed E-state index contributed by atoms with van der Waals surface area (Å²) < 4.78 is 5.21. The molecule has 0 bridgehead atoms. The number of aliphatic hydroxyl groups is 1. The molecule has 6 heteroatoms. The number of hydrogen-bond donors (Lipinski definition) is 1. The first-order valence-electron chi connectivity index (χ1n) is 5.36. The van der Waals surface area contributed by atoms with Gasteiger partial charge in [0.1, 0.15) is 0 Å². The Morgan fingerprint density at radius 2 is 1.84 bits per heavy atom. The van der Waals surface area contributed by atoms with Crippen LogP contribution in [0.25, 0.3) is 11.1 Å². The van der Waals surface area contributed by atoms with E-state index in [0.717, 1.165) is 0 Å². The van der Waals surface area contributed by atoms with Crippen LogP contribution in [0.5, 0.6) is 5.88 Å². The van der Waals surface area contributed by atoms with Gasteiger partial charge in [0.25, 0.3) is 0 Å². The second kappa shape index (κ2) is 5.97. The maximum atomic E-state index is 9.43. The van der Waals surface area contributed by atoms with Crippen molar-refractivity contribution in [1.82, 2.24) is 4.98 Å². The molecular weight excluding hydrogens is 309 g/mol. The molecule has 0 atom stereocenters. The standard InChI is InChI=1S/C13H10Cl3NO2/c1-19-13-12(7(6-18)2-3-17-13)8-4-10(15)11(16)5-9(8)14/h2-5,18H,6H2,1H3. The van der Waals surface area contributed by atoms with Gasteiger partial charge < -0.3 is 9.84 Å². The van der Waals surface area contributed by atoms with Gasteiger partial charge in [-0.2, -0.15) is 0 Å². The molecule has 2 aromatic rings. The third-order valence-corrected chi connectivity index (χ3v) is 3.68. The van der Waals surface area contributed by atoms with Crippen molar-refractivity contribution in [3.05, 3.63) is 45.0 Å². The fourth-order valence-corrected chi connectivity index (χ4v) is 2.41. The Kier molecular flexibility index (Phi) is 4.53. The maximum Gasteiger partial charge on any atom is 0.221 e. The summed E-state index contributed by atoms with van der Waals surface area (Å²) in [6, 6.07) is 4.87. The normalized spacial score (nSPS) is 10.6. The zero-order valence-corrected chi connectivity index (χ0v) is 12.2. The molecule has 1 heterocycles. The van der Waals surface area contributed by atoms with Crippen LogP contribution in [-0.2, 0) is 6.61 Å². The van der Waals surface area contributed by atoms with Crippen LogP contribution in [0.4, 0.5) is 0 Å². The molecule has 0 radical (unpaired) electrons. The summed E-state index contributed by atoms with van der Waals surface area (Å²) in [6.07, 6.45) is 1.55. The zero-order valence-electron chi connectivity index (χ0n) is 9.95. The van der Waals surface area contributed by atoms with Crippen molar-refractivity contribution in [3.63, 3.8) is 0 Å². The topological polar surface area (TPSA) is 42.4 Å². The van der Waals surface area contributed by atoms with Crippen molar-refractivity contribution in [2.75, 3.05) is 7.11 Å². The average molecular weight is 319 g/mol. The minimum Gasteiger partial charge on any atom is -0.481 e. The van der Waals surface area contributed by atoms with Crippen LogP contribution in [0.3, 0.4) is 0 Å². The summed E-state index contributed by atoms with van der Waals surface area (Å²) in [5, 5.41) is 10.6. The van der Waals surface area contributed by atoms with Crippen LogP contribution in [-0.4, -0.2) is 17.2 Å². The Hall–Kier alpha value is -1.000. The van der Waals surface area contributed by atoms with Gasteiger partial charge in [-0.3, -0.25) is 0 Å². The van der Waals surface area contributed by atoms with E-state index < -0.39 is 0 Å². The average Bonchev–Trinajstić information content (AvgIpc) is 2.42. The molecule has 0 saturated heterocycles. The van der Waals surface area contributed by atoms with Crippen LogP contribution < -0.4 is 4.74 Å².